The Kier molecular flexibility index (Phi) is 4.62. The summed E-state index contributed by atoms with van der Waals surface area (Å²) in [6, 6.07) is 0. The number of thioether (sulfide) groups is 1. The number of hydrogen-bond acceptors (Lipinski definition) is 5. The van der Waals surface area contributed by atoms with Crippen LogP contribution in [0.25, 0.3) is 0 Å². The van der Waals surface area contributed by atoms with Gasteiger partial charge in [-0.05, 0) is 26.1 Å². The molecule has 1 aromatic heterocycles. The van der Waals surface area contributed by atoms with E-state index in [1.807, 2.05) is 25.0 Å². The van der Waals surface area contributed by atoms with E-state index in [0.29, 0.717) is 0 Å². The predicted molar refractivity (Wildman–Crippen MR) is 73.7 cm³/mol. The number of nitrogens with one attached hydrogen (secondary N) is 1. The molecule has 0 radical (unpaired) electrons. The number of anilines is 1. The van der Waals surface area contributed by atoms with E-state index in [2.05, 4.69) is 27.1 Å². The molecule has 4 nitrogen and oxygen atoms in total. The Hall–Kier alpha value is -0.810. The Morgan fingerprint density at radius 1 is 1.41 bits per heavy atom. The summed E-state index contributed by atoms with van der Waals surface area (Å²) in [4.78, 5) is 11.4. The average molecular weight is 252 g/mol. The summed E-state index contributed by atoms with van der Waals surface area (Å²) in [5.74, 6) is 3.33. The van der Waals surface area contributed by atoms with E-state index in [1.54, 1.807) is 0 Å². The fourth-order valence-corrected chi connectivity index (χ4v) is 2.83. The highest BCUT2D eigenvalue weighted by molar-refractivity contribution is 7.99. The molecule has 2 heterocycles. The normalized spacial score (nSPS) is 16.9. The number of aryl methyl sites for hydroxylation is 1. The molecular weight excluding hydrogens is 232 g/mol. The fourth-order valence-electron chi connectivity index (χ4n) is 1.94. The number of rotatable bonds is 3. The van der Waals surface area contributed by atoms with E-state index in [4.69, 9.17) is 0 Å². The third kappa shape index (κ3) is 3.33. The van der Waals surface area contributed by atoms with Crippen LogP contribution in [0.2, 0.25) is 0 Å². The smallest absolute Gasteiger partial charge is 0.225 e. The van der Waals surface area contributed by atoms with Gasteiger partial charge in [0.25, 0.3) is 0 Å². The summed E-state index contributed by atoms with van der Waals surface area (Å²) in [5.41, 5.74) is 2.27. The molecule has 0 saturated carbocycles. The molecule has 1 aliphatic rings. The van der Waals surface area contributed by atoms with Crippen LogP contribution in [0.5, 0.6) is 0 Å². The summed E-state index contributed by atoms with van der Waals surface area (Å²) < 4.78 is 0. The second kappa shape index (κ2) is 6.21. The first kappa shape index (κ1) is 12.6. The van der Waals surface area contributed by atoms with Gasteiger partial charge in [-0.3, -0.25) is 0 Å². The summed E-state index contributed by atoms with van der Waals surface area (Å²) in [7, 11) is 1.94. The SMILES string of the molecule is CNCc1cnc(N2CCCSCC2)nc1C. The summed E-state index contributed by atoms with van der Waals surface area (Å²) in [6.45, 7) is 5.04. The van der Waals surface area contributed by atoms with Crippen LogP contribution < -0.4 is 10.2 Å². The molecular formula is C12H20N4S. The summed E-state index contributed by atoms with van der Waals surface area (Å²) in [6.07, 6.45) is 3.18. The lowest BCUT2D eigenvalue weighted by Crippen LogP contribution is -2.28. The van der Waals surface area contributed by atoms with Crippen LogP contribution in [0, 0.1) is 6.92 Å². The third-order valence-corrected chi connectivity index (χ3v) is 3.99. The van der Waals surface area contributed by atoms with Crippen molar-refractivity contribution in [3.63, 3.8) is 0 Å². The minimum atomic E-state index is 0.835. The van der Waals surface area contributed by atoms with Gasteiger partial charge in [0, 0.05) is 42.8 Å². The second-order valence-corrected chi connectivity index (χ2v) is 5.49. The van der Waals surface area contributed by atoms with Crippen LogP contribution in [-0.2, 0) is 6.54 Å². The number of nitrogens with zero attached hydrogens (tertiary/aromatic N) is 3. The van der Waals surface area contributed by atoms with Crippen molar-refractivity contribution in [3.05, 3.63) is 17.5 Å². The monoisotopic (exact) mass is 252 g/mol. The van der Waals surface area contributed by atoms with Crippen molar-refractivity contribution in [2.75, 3.05) is 36.5 Å². The molecule has 94 valence electrons. The fraction of sp³-hybridized carbons (Fsp3) is 0.667. The van der Waals surface area contributed by atoms with Gasteiger partial charge in [-0.2, -0.15) is 11.8 Å². The predicted octanol–water partition coefficient (Wildman–Crippen LogP) is 1.45. The molecule has 0 atom stereocenters. The van der Waals surface area contributed by atoms with Gasteiger partial charge in [0.1, 0.15) is 0 Å². The molecule has 1 saturated heterocycles. The summed E-state index contributed by atoms with van der Waals surface area (Å²) in [5, 5.41) is 3.14. The van der Waals surface area contributed by atoms with Crippen molar-refractivity contribution in [2.45, 2.75) is 19.9 Å². The lowest BCUT2D eigenvalue weighted by atomic mass is 10.2. The minimum Gasteiger partial charge on any atom is -0.340 e. The molecule has 1 aliphatic heterocycles. The highest BCUT2D eigenvalue weighted by Gasteiger charge is 2.13. The Balaban J connectivity index is 2.12. The van der Waals surface area contributed by atoms with Crippen molar-refractivity contribution in [3.8, 4) is 0 Å². The van der Waals surface area contributed by atoms with Crippen LogP contribution >= 0.6 is 11.8 Å². The highest BCUT2D eigenvalue weighted by atomic mass is 32.2. The maximum Gasteiger partial charge on any atom is 0.225 e. The Morgan fingerprint density at radius 3 is 3.06 bits per heavy atom. The Bertz CT molecular complexity index is 362. The van der Waals surface area contributed by atoms with E-state index < -0.39 is 0 Å². The molecule has 0 unspecified atom stereocenters. The van der Waals surface area contributed by atoms with Gasteiger partial charge in [0.15, 0.2) is 0 Å². The lowest BCUT2D eigenvalue weighted by molar-refractivity contribution is 0.760. The molecule has 17 heavy (non-hydrogen) atoms. The zero-order valence-corrected chi connectivity index (χ0v) is 11.4. The topological polar surface area (TPSA) is 41.1 Å². The van der Waals surface area contributed by atoms with Crippen LogP contribution in [-0.4, -0.2) is 41.6 Å². The average Bonchev–Trinajstić information content (AvgIpc) is 2.60. The highest BCUT2D eigenvalue weighted by Crippen LogP contribution is 2.16. The largest absolute Gasteiger partial charge is 0.340 e. The first-order valence-electron chi connectivity index (χ1n) is 6.11. The van der Waals surface area contributed by atoms with Gasteiger partial charge >= 0.3 is 0 Å². The number of hydrogen-bond donors (Lipinski definition) is 1. The maximum absolute atomic E-state index is 4.62. The third-order valence-electron chi connectivity index (χ3n) is 2.94. The molecule has 0 spiro atoms. The minimum absolute atomic E-state index is 0.835. The van der Waals surface area contributed by atoms with Gasteiger partial charge in [0.05, 0.1) is 0 Å². The zero-order chi connectivity index (χ0) is 12.1. The van der Waals surface area contributed by atoms with Crippen molar-refractivity contribution in [1.82, 2.24) is 15.3 Å². The number of aromatic nitrogens is 2. The molecule has 0 bridgehead atoms. The molecule has 0 amide bonds. The van der Waals surface area contributed by atoms with E-state index in [1.165, 1.54) is 23.5 Å². The van der Waals surface area contributed by atoms with Crippen molar-refractivity contribution in [1.29, 1.82) is 0 Å². The molecule has 1 aromatic rings. The summed E-state index contributed by atoms with van der Waals surface area (Å²) >= 11 is 2.02. The van der Waals surface area contributed by atoms with E-state index >= 15 is 0 Å². The van der Waals surface area contributed by atoms with Crippen LogP contribution in [0.4, 0.5) is 5.95 Å². The van der Waals surface area contributed by atoms with Crippen molar-refractivity contribution < 1.29 is 0 Å². The van der Waals surface area contributed by atoms with Gasteiger partial charge in [0.2, 0.25) is 5.95 Å². The van der Waals surface area contributed by atoms with Gasteiger partial charge in [-0.1, -0.05) is 0 Å². The van der Waals surface area contributed by atoms with Crippen LogP contribution in [0.15, 0.2) is 6.20 Å². The van der Waals surface area contributed by atoms with Crippen molar-refractivity contribution >= 4 is 17.7 Å². The van der Waals surface area contributed by atoms with Crippen LogP contribution in [0.3, 0.4) is 0 Å². The molecule has 1 N–H and O–H groups in total. The van der Waals surface area contributed by atoms with E-state index in [-0.39, 0.29) is 0 Å². The van der Waals surface area contributed by atoms with Gasteiger partial charge in [-0.25, -0.2) is 9.97 Å². The molecule has 5 heteroatoms. The Morgan fingerprint density at radius 2 is 2.29 bits per heavy atom. The lowest BCUT2D eigenvalue weighted by Gasteiger charge is -2.20. The molecule has 1 fully saturated rings. The van der Waals surface area contributed by atoms with E-state index in [0.717, 1.165) is 31.3 Å². The van der Waals surface area contributed by atoms with Gasteiger partial charge < -0.3 is 10.2 Å². The van der Waals surface area contributed by atoms with Gasteiger partial charge in [-0.15, -0.1) is 0 Å². The molecule has 2 rings (SSSR count). The first-order chi connectivity index (χ1) is 8.31. The maximum atomic E-state index is 4.62. The van der Waals surface area contributed by atoms with Crippen LogP contribution in [0.1, 0.15) is 17.7 Å². The first-order valence-corrected chi connectivity index (χ1v) is 7.26. The second-order valence-electron chi connectivity index (χ2n) is 4.26. The standard InChI is InChI=1S/C12H20N4S/c1-10-11(8-13-2)9-14-12(15-10)16-4-3-6-17-7-5-16/h9,13H,3-8H2,1-2H3. The quantitative estimate of drug-likeness (QED) is 0.882. The Labute approximate surface area is 107 Å². The van der Waals surface area contributed by atoms with Crippen molar-refractivity contribution in [2.24, 2.45) is 0 Å². The molecule has 0 aromatic carbocycles. The zero-order valence-electron chi connectivity index (χ0n) is 10.6. The molecule has 0 aliphatic carbocycles. The van der Waals surface area contributed by atoms with E-state index in [9.17, 15) is 0 Å².